The molecule has 0 aliphatic rings. The van der Waals surface area contributed by atoms with Gasteiger partial charge in [-0.1, -0.05) is 5.16 Å². The predicted octanol–water partition coefficient (Wildman–Crippen LogP) is 0.0639. The fraction of sp³-hybridized carbons (Fsp3) is 0.600. The van der Waals surface area contributed by atoms with E-state index in [0.717, 1.165) is 0 Å². The zero-order valence-electron chi connectivity index (χ0n) is 9.47. The molecule has 0 unspecified atom stereocenters. The van der Waals surface area contributed by atoms with Crippen molar-refractivity contribution in [2.45, 2.75) is 6.92 Å². The van der Waals surface area contributed by atoms with Crippen molar-refractivity contribution in [3.63, 3.8) is 0 Å². The number of rotatable bonds is 6. The molecule has 1 amide bonds. The minimum atomic E-state index is -0.204. The summed E-state index contributed by atoms with van der Waals surface area (Å²) in [6.45, 7) is 2.72. The third-order valence-corrected chi connectivity index (χ3v) is 2.20. The first-order chi connectivity index (χ1) is 7.70. The lowest BCUT2D eigenvalue weighted by Gasteiger charge is -2.20. The van der Waals surface area contributed by atoms with Crippen LogP contribution in [0.15, 0.2) is 10.7 Å². The largest absolute Gasteiger partial charge is 0.395 e. The van der Waals surface area contributed by atoms with Gasteiger partial charge in [-0.15, -0.1) is 0 Å². The number of nitrogens with zero attached hydrogens (tertiary/aromatic N) is 2. The van der Waals surface area contributed by atoms with Gasteiger partial charge in [-0.05, 0) is 6.92 Å². The molecule has 6 heteroatoms. The smallest absolute Gasteiger partial charge is 0.259 e. The number of aliphatic hydroxyl groups excluding tert-OH is 1. The second-order valence-electron chi connectivity index (χ2n) is 3.30. The highest BCUT2D eigenvalue weighted by molar-refractivity contribution is 5.94. The summed E-state index contributed by atoms with van der Waals surface area (Å²) in [6, 6.07) is 0. The molecule has 6 nitrogen and oxygen atoms in total. The van der Waals surface area contributed by atoms with Gasteiger partial charge in [0.05, 0.1) is 19.4 Å². The first-order valence-electron chi connectivity index (χ1n) is 5.01. The number of amides is 1. The predicted molar refractivity (Wildman–Crippen MR) is 56.1 cm³/mol. The summed E-state index contributed by atoms with van der Waals surface area (Å²) in [5.74, 6) is 0.273. The summed E-state index contributed by atoms with van der Waals surface area (Å²) in [7, 11) is 1.56. The van der Waals surface area contributed by atoms with E-state index in [-0.39, 0.29) is 19.1 Å². The van der Waals surface area contributed by atoms with Crippen LogP contribution in [0.1, 0.15) is 16.1 Å². The summed E-state index contributed by atoms with van der Waals surface area (Å²) < 4.78 is 9.73. The van der Waals surface area contributed by atoms with E-state index in [1.807, 2.05) is 0 Å². The first-order valence-corrected chi connectivity index (χ1v) is 5.01. The molecule has 0 fully saturated rings. The highest BCUT2D eigenvalue weighted by atomic mass is 16.5. The maximum Gasteiger partial charge on any atom is 0.259 e. The molecule has 0 aromatic carbocycles. The van der Waals surface area contributed by atoms with Gasteiger partial charge in [0.15, 0.2) is 0 Å². The lowest BCUT2D eigenvalue weighted by Crippen LogP contribution is -2.36. The van der Waals surface area contributed by atoms with Gasteiger partial charge >= 0.3 is 0 Å². The number of aliphatic hydroxyl groups is 1. The van der Waals surface area contributed by atoms with Gasteiger partial charge in [-0.3, -0.25) is 4.79 Å². The molecule has 1 heterocycles. The first kappa shape index (κ1) is 12.7. The molecule has 0 spiro atoms. The van der Waals surface area contributed by atoms with Crippen LogP contribution in [-0.4, -0.2) is 54.5 Å². The van der Waals surface area contributed by atoms with E-state index in [1.54, 1.807) is 14.0 Å². The van der Waals surface area contributed by atoms with Crippen molar-refractivity contribution in [1.82, 2.24) is 10.1 Å². The molecule has 0 bridgehead atoms. The van der Waals surface area contributed by atoms with Crippen LogP contribution in [0.25, 0.3) is 0 Å². The number of ether oxygens (including phenoxy) is 1. The third kappa shape index (κ3) is 3.04. The van der Waals surface area contributed by atoms with Crippen LogP contribution in [0, 0.1) is 6.92 Å². The van der Waals surface area contributed by atoms with Gasteiger partial charge in [-0.2, -0.15) is 0 Å². The monoisotopic (exact) mass is 228 g/mol. The molecule has 90 valence electrons. The van der Waals surface area contributed by atoms with E-state index >= 15 is 0 Å². The molecular formula is C10H16N2O4. The molecule has 0 saturated carbocycles. The Morgan fingerprint density at radius 2 is 2.38 bits per heavy atom. The normalized spacial score (nSPS) is 10.4. The van der Waals surface area contributed by atoms with Crippen LogP contribution in [0.4, 0.5) is 0 Å². The van der Waals surface area contributed by atoms with Crippen LogP contribution in [0.3, 0.4) is 0 Å². The molecule has 0 aliphatic carbocycles. The molecule has 1 aromatic rings. The molecule has 1 aromatic heterocycles. The van der Waals surface area contributed by atoms with Gasteiger partial charge in [0.1, 0.15) is 11.3 Å². The highest BCUT2D eigenvalue weighted by Crippen LogP contribution is 2.09. The van der Waals surface area contributed by atoms with E-state index in [4.69, 9.17) is 14.4 Å². The van der Waals surface area contributed by atoms with Crippen LogP contribution in [-0.2, 0) is 4.74 Å². The fourth-order valence-corrected chi connectivity index (χ4v) is 1.31. The molecule has 0 aliphatic heterocycles. The number of aryl methyl sites for hydroxylation is 1. The molecule has 0 atom stereocenters. The number of methoxy groups -OCH3 is 1. The SMILES string of the molecule is COCCN(CCO)C(=O)c1cnoc1C. The lowest BCUT2D eigenvalue weighted by molar-refractivity contribution is 0.0654. The van der Waals surface area contributed by atoms with Crippen molar-refractivity contribution in [2.24, 2.45) is 0 Å². The molecule has 1 rings (SSSR count). The van der Waals surface area contributed by atoms with E-state index in [2.05, 4.69) is 5.16 Å². The Morgan fingerprint density at radius 1 is 1.62 bits per heavy atom. The number of aromatic nitrogens is 1. The lowest BCUT2D eigenvalue weighted by atomic mass is 10.2. The van der Waals surface area contributed by atoms with Crippen LogP contribution < -0.4 is 0 Å². The zero-order valence-corrected chi connectivity index (χ0v) is 9.47. The fourth-order valence-electron chi connectivity index (χ4n) is 1.31. The molecule has 0 saturated heterocycles. The average molecular weight is 228 g/mol. The van der Waals surface area contributed by atoms with Crippen molar-refractivity contribution in [3.8, 4) is 0 Å². The number of carbonyl (C=O) groups excluding carboxylic acids is 1. The van der Waals surface area contributed by atoms with Crippen molar-refractivity contribution < 1.29 is 19.2 Å². The summed E-state index contributed by atoms with van der Waals surface area (Å²) in [6.07, 6.45) is 1.38. The van der Waals surface area contributed by atoms with Crippen LogP contribution in [0.5, 0.6) is 0 Å². The highest BCUT2D eigenvalue weighted by Gasteiger charge is 2.19. The maximum atomic E-state index is 12.0. The van der Waals surface area contributed by atoms with Crippen LogP contribution in [0.2, 0.25) is 0 Å². The number of hydrogen-bond donors (Lipinski definition) is 1. The summed E-state index contributed by atoms with van der Waals surface area (Å²) in [4.78, 5) is 13.5. The topological polar surface area (TPSA) is 75.8 Å². The Labute approximate surface area is 93.8 Å². The molecular weight excluding hydrogens is 212 g/mol. The van der Waals surface area contributed by atoms with Crippen molar-refractivity contribution >= 4 is 5.91 Å². The van der Waals surface area contributed by atoms with Crippen molar-refractivity contribution in [3.05, 3.63) is 17.5 Å². The van der Waals surface area contributed by atoms with E-state index in [1.165, 1.54) is 11.1 Å². The minimum absolute atomic E-state index is 0.0835. The summed E-state index contributed by atoms with van der Waals surface area (Å²) >= 11 is 0. The van der Waals surface area contributed by atoms with E-state index in [0.29, 0.717) is 24.5 Å². The van der Waals surface area contributed by atoms with Gasteiger partial charge in [0, 0.05) is 20.2 Å². The number of hydrogen-bond acceptors (Lipinski definition) is 5. The van der Waals surface area contributed by atoms with Gasteiger partial charge in [-0.25, -0.2) is 0 Å². The summed E-state index contributed by atoms with van der Waals surface area (Å²) in [5, 5.41) is 12.4. The van der Waals surface area contributed by atoms with Gasteiger partial charge in [0.25, 0.3) is 5.91 Å². The van der Waals surface area contributed by atoms with Crippen LogP contribution >= 0.6 is 0 Å². The maximum absolute atomic E-state index is 12.0. The quantitative estimate of drug-likeness (QED) is 0.745. The van der Waals surface area contributed by atoms with Gasteiger partial charge in [0.2, 0.25) is 0 Å². The second kappa shape index (κ2) is 6.24. The zero-order chi connectivity index (χ0) is 12.0. The van der Waals surface area contributed by atoms with Crippen molar-refractivity contribution in [1.29, 1.82) is 0 Å². The minimum Gasteiger partial charge on any atom is -0.395 e. The Kier molecular flexibility index (Phi) is 4.94. The Hall–Kier alpha value is -1.40. The Balaban J connectivity index is 2.70. The van der Waals surface area contributed by atoms with Gasteiger partial charge < -0.3 is 19.3 Å². The molecule has 0 radical (unpaired) electrons. The van der Waals surface area contributed by atoms with Crippen molar-refractivity contribution in [2.75, 3.05) is 33.4 Å². The molecule has 16 heavy (non-hydrogen) atoms. The third-order valence-electron chi connectivity index (χ3n) is 2.20. The Morgan fingerprint density at radius 3 is 2.88 bits per heavy atom. The molecule has 1 N–H and O–H groups in total. The summed E-state index contributed by atoms with van der Waals surface area (Å²) in [5.41, 5.74) is 0.421. The Bertz CT molecular complexity index is 337. The van der Waals surface area contributed by atoms with E-state index < -0.39 is 0 Å². The average Bonchev–Trinajstić information content (AvgIpc) is 2.69. The standard InChI is InChI=1S/C10H16N2O4/c1-8-9(7-11-16-8)10(14)12(3-5-13)4-6-15-2/h7,13H,3-6H2,1-2H3. The van der Waals surface area contributed by atoms with E-state index in [9.17, 15) is 4.79 Å². The number of carbonyl (C=O) groups is 1. The second-order valence-corrected chi connectivity index (χ2v) is 3.30.